The van der Waals surface area contributed by atoms with Gasteiger partial charge in [0.2, 0.25) is 0 Å². The zero-order valence-electron chi connectivity index (χ0n) is 18.4. The summed E-state index contributed by atoms with van der Waals surface area (Å²) in [5, 5.41) is 10.9. The third-order valence-electron chi connectivity index (χ3n) is 5.08. The van der Waals surface area contributed by atoms with Crippen LogP contribution in [0.5, 0.6) is 11.5 Å². The monoisotopic (exact) mass is 413 g/mol. The SMILES string of the molecule is CCc1ccc(COc2ccc(C3(O)CN(C(=O)OC(C)(C)C)C3)cc2OC)cc1. The fraction of sp³-hybridized carbons (Fsp3) is 0.458. The highest BCUT2D eigenvalue weighted by atomic mass is 16.6. The Hall–Kier alpha value is -2.73. The molecule has 6 nitrogen and oxygen atoms in total. The smallest absolute Gasteiger partial charge is 0.410 e. The number of likely N-dealkylation sites (tertiary alicyclic amines) is 1. The van der Waals surface area contributed by atoms with Gasteiger partial charge in [0.05, 0.1) is 20.2 Å². The second kappa shape index (κ2) is 8.56. The van der Waals surface area contributed by atoms with Crippen molar-refractivity contribution in [3.63, 3.8) is 0 Å². The second-order valence-electron chi connectivity index (χ2n) is 8.69. The van der Waals surface area contributed by atoms with Crippen molar-refractivity contribution in [2.75, 3.05) is 20.2 Å². The molecular formula is C24H31NO5. The average Bonchev–Trinajstić information content (AvgIpc) is 2.68. The molecule has 3 rings (SSSR count). The number of nitrogens with zero attached hydrogens (tertiary/aromatic N) is 1. The molecule has 2 aromatic carbocycles. The van der Waals surface area contributed by atoms with Crippen molar-refractivity contribution in [1.29, 1.82) is 0 Å². The number of ether oxygens (including phenoxy) is 3. The van der Waals surface area contributed by atoms with Gasteiger partial charge >= 0.3 is 6.09 Å². The first-order valence-electron chi connectivity index (χ1n) is 10.2. The van der Waals surface area contributed by atoms with Gasteiger partial charge in [0, 0.05) is 0 Å². The van der Waals surface area contributed by atoms with Crippen LogP contribution in [0.1, 0.15) is 44.4 Å². The summed E-state index contributed by atoms with van der Waals surface area (Å²) in [5.74, 6) is 1.15. The topological polar surface area (TPSA) is 68.2 Å². The number of β-amino-alcohol motifs (C(OH)–C–C–N with tert-alkyl or cyclic N) is 1. The number of rotatable bonds is 6. The summed E-state index contributed by atoms with van der Waals surface area (Å²) in [6, 6.07) is 13.7. The van der Waals surface area contributed by atoms with Gasteiger partial charge in [0.15, 0.2) is 11.5 Å². The van der Waals surface area contributed by atoms with Crippen LogP contribution in [0.4, 0.5) is 4.79 Å². The van der Waals surface area contributed by atoms with Gasteiger partial charge in [-0.2, -0.15) is 0 Å². The maximum Gasteiger partial charge on any atom is 0.410 e. The number of amides is 1. The molecule has 6 heteroatoms. The molecule has 1 heterocycles. The number of carbonyl (C=O) groups is 1. The quantitative estimate of drug-likeness (QED) is 0.766. The van der Waals surface area contributed by atoms with Gasteiger partial charge in [-0.1, -0.05) is 37.3 Å². The van der Waals surface area contributed by atoms with E-state index in [1.807, 2.05) is 26.8 Å². The second-order valence-corrected chi connectivity index (χ2v) is 8.69. The Kier molecular flexibility index (Phi) is 6.27. The lowest BCUT2D eigenvalue weighted by Gasteiger charge is -2.46. The molecule has 1 aliphatic rings. The third kappa shape index (κ3) is 5.05. The maximum atomic E-state index is 12.1. The molecule has 0 aliphatic carbocycles. The Bertz CT molecular complexity index is 879. The van der Waals surface area contributed by atoms with Crippen molar-refractivity contribution in [3.05, 3.63) is 59.2 Å². The normalized spacial score (nSPS) is 15.3. The van der Waals surface area contributed by atoms with Crippen LogP contribution in [-0.2, 0) is 23.4 Å². The molecule has 1 N–H and O–H groups in total. The van der Waals surface area contributed by atoms with Gasteiger partial charge in [0.25, 0.3) is 0 Å². The molecular weight excluding hydrogens is 382 g/mol. The highest BCUT2D eigenvalue weighted by Crippen LogP contribution is 2.38. The van der Waals surface area contributed by atoms with Crippen molar-refractivity contribution in [2.45, 2.75) is 51.9 Å². The van der Waals surface area contributed by atoms with E-state index in [-0.39, 0.29) is 13.1 Å². The van der Waals surface area contributed by atoms with Crippen LogP contribution >= 0.6 is 0 Å². The van der Waals surface area contributed by atoms with Gasteiger partial charge in [-0.15, -0.1) is 0 Å². The van der Waals surface area contributed by atoms with Gasteiger partial charge in [-0.3, -0.25) is 0 Å². The van der Waals surface area contributed by atoms with E-state index in [2.05, 4.69) is 31.2 Å². The minimum atomic E-state index is -1.13. The van der Waals surface area contributed by atoms with E-state index in [1.54, 1.807) is 19.2 Å². The predicted molar refractivity (Wildman–Crippen MR) is 115 cm³/mol. The lowest BCUT2D eigenvalue weighted by molar-refractivity contribution is -0.103. The summed E-state index contributed by atoms with van der Waals surface area (Å²) in [7, 11) is 1.57. The minimum absolute atomic E-state index is 0.176. The standard InChI is InChI=1S/C24H31NO5/c1-6-17-7-9-18(10-8-17)14-29-20-12-11-19(13-21(20)28-5)24(27)15-25(16-24)22(26)30-23(2,3)4/h7-13,27H,6,14-16H2,1-5H3. The highest BCUT2D eigenvalue weighted by Gasteiger charge is 2.46. The number of aliphatic hydroxyl groups is 1. The van der Waals surface area contributed by atoms with E-state index >= 15 is 0 Å². The molecule has 1 amide bonds. The molecule has 0 unspecified atom stereocenters. The zero-order chi connectivity index (χ0) is 21.9. The molecule has 0 bridgehead atoms. The van der Waals surface area contributed by atoms with Gasteiger partial charge in [-0.25, -0.2) is 4.79 Å². The molecule has 1 saturated heterocycles. The van der Waals surface area contributed by atoms with Gasteiger partial charge in [0.1, 0.15) is 17.8 Å². The Morgan fingerprint density at radius 1 is 1.07 bits per heavy atom. The first kappa shape index (κ1) is 22.0. The van der Waals surface area contributed by atoms with Gasteiger partial charge in [-0.05, 0) is 56.0 Å². The number of hydrogen-bond donors (Lipinski definition) is 1. The fourth-order valence-electron chi connectivity index (χ4n) is 3.33. The fourth-order valence-corrected chi connectivity index (χ4v) is 3.33. The largest absolute Gasteiger partial charge is 0.493 e. The van der Waals surface area contributed by atoms with E-state index < -0.39 is 17.3 Å². The molecule has 30 heavy (non-hydrogen) atoms. The number of benzene rings is 2. The Labute approximate surface area is 178 Å². The van der Waals surface area contributed by atoms with E-state index in [1.165, 1.54) is 10.5 Å². The van der Waals surface area contributed by atoms with E-state index in [0.29, 0.717) is 23.7 Å². The van der Waals surface area contributed by atoms with Crippen LogP contribution in [0.3, 0.4) is 0 Å². The first-order chi connectivity index (χ1) is 14.1. The van der Waals surface area contributed by atoms with Crippen LogP contribution < -0.4 is 9.47 Å². The van der Waals surface area contributed by atoms with Crippen LogP contribution in [-0.4, -0.2) is 41.9 Å². The summed E-state index contributed by atoms with van der Waals surface area (Å²) in [4.78, 5) is 13.6. The molecule has 162 valence electrons. The van der Waals surface area contributed by atoms with Crippen LogP contribution in [0, 0.1) is 0 Å². The number of hydrogen-bond acceptors (Lipinski definition) is 5. The molecule has 1 fully saturated rings. The Morgan fingerprint density at radius 3 is 2.27 bits per heavy atom. The molecule has 0 aromatic heterocycles. The average molecular weight is 414 g/mol. The van der Waals surface area contributed by atoms with Gasteiger partial charge < -0.3 is 24.2 Å². The summed E-state index contributed by atoms with van der Waals surface area (Å²) < 4.78 is 16.8. The molecule has 0 saturated carbocycles. The molecule has 2 aromatic rings. The summed E-state index contributed by atoms with van der Waals surface area (Å²) >= 11 is 0. The highest BCUT2D eigenvalue weighted by molar-refractivity contribution is 5.70. The maximum absolute atomic E-state index is 12.1. The predicted octanol–water partition coefficient (Wildman–Crippen LogP) is 4.27. The molecule has 0 atom stereocenters. The molecule has 1 aliphatic heterocycles. The summed E-state index contributed by atoms with van der Waals surface area (Å²) in [6.07, 6.45) is 0.582. The van der Waals surface area contributed by atoms with E-state index in [4.69, 9.17) is 14.2 Å². The first-order valence-corrected chi connectivity index (χ1v) is 10.2. The van der Waals surface area contributed by atoms with Crippen LogP contribution in [0.2, 0.25) is 0 Å². The third-order valence-corrected chi connectivity index (χ3v) is 5.08. The molecule has 0 radical (unpaired) electrons. The Morgan fingerprint density at radius 2 is 1.70 bits per heavy atom. The van der Waals surface area contributed by atoms with E-state index in [0.717, 1.165) is 12.0 Å². The molecule has 0 spiro atoms. The zero-order valence-corrected chi connectivity index (χ0v) is 18.4. The summed E-state index contributed by atoms with van der Waals surface area (Å²) in [6.45, 7) is 8.36. The number of aryl methyl sites for hydroxylation is 1. The summed E-state index contributed by atoms with van der Waals surface area (Å²) in [5.41, 5.74) is 1.35. The van der Waals surface area contributed by atoms with Crippen molar-refractivity contribution in [2.24, 2.45) is 0 Å². The van der Waals surface area contributed by atoms with Crippen molar-refractivity contribution < 1.29 is 24.1 Å². The minimum Gasteiger partial charge on any atom is -0.493 e. The number of methoxy groups -OCH3 is 1. The number of carbonyl (C=O) groups excluding carboxylic acids is 1. The van der Waals surface area contributed by atoms with Crippen molar-refractivity contribution in [3.8, 4) is 11.5 Å². The van der Waals surface area contributed by atoms with Crippen LogP contribution in [0.25, 0.3) is 0 Å². The van der Waals surface area contributed by atoms with Crippen molar-refractivity contribution >= 4 is 6.09 Å². The van der Waals surface area contributed by atoms with Crippen molar-refractivity contribution in [1.82, 2.24) is 4.90 Å². The lowest BCUT2D eigenvalue weighted by Crippen LogP contribution is -2.61. The lowest BCUT2D eigenvalue weighted by atomic mass is 9.86. The van der Waals surface area contributed by atoms with Crippen LogP contribution in [0.15, 0.2) is 42.5 Å². The van der Waals surface area contributed by atoms with E-state index in [9.17, 15) is 9.90 Å². The Balaban J connectivity index is 1.64.